The lowest BCUT2D eigenvalue weighted by atomic mass is 9.95. The molecule has 2 atom stereocenters. The lowest BCUT2D eigenvalue weighted by molar-refractivity contribution is -0.137. The van der Waals surface area contributed by atoms with Gasteiger partial charge in [0.1, 0.15) is 0 Å². The average Bonchev–Trinajstić information content (AvgIpc) is 3.01. The van der Waals surface area contributed by atoms with Gasteiger partial charge in [-0.1, -0.05) is 6.92 Å². The van der Waals surface area contributed by atoms with Gasteiger partial charge in [0, 0.05) is 26.1 Å². The second-order valence-electron chi connectivity index (χ2n) is 4.60. The third-order valence-corrected chi connectivity index (χ3v) is 3.43. The molecule has 2 unspecified atom stereocenters. The van der Waals surface area contributed by atoms with E-state index in [1.807, 2.05) is 4.90 Å². The van der Waals surface area contributed by atoms with Gasteiger partial charge in [-0.3, -0.25) is 4.79 Å². The highest BCUT2D eigenvalue weighted by Gasteiger charge is 2.36. The van der Waals surface area contributed by atoms with Crippen molar-refractivity contribution in [2.75, 3.05) is 20.2 Å². The minimum absolute atomic E-state index is 0.242. The monoisotopic (exact) mass is 197 g/mol. The van der Waals surface area contributed by atoms with Gasteiger partial charge in [0.05, 0.1) is 6.10 Å². The topological polar surface area (TPSA) is 29.5 Å². The maximum Gasteiger partial charge on any atom is 0.225 e. The van der Waals surface area contributed by atoms with Gasteiger partial charge >= 0.3 is 0 Å². The molecular weight excluding hydrogens is 178 g/mol. The molecule has 0 N–H and O–H groups in total. The molecule has 14 heavy (non-hydrogen) atoms. The standard InChI is InChI=1S/C11H19NO2/c1-8-5-6-12(7-10(8)14-2)11(13)9-3-4-9/h8-10H,3-7H2,1-2H3. The van der Waals surface area contributed by atoms with E-state index in [1.165, 1.54) is 0 Å². The van der Waals surface area contributed by atoms with Crippen molar-refractivity contribution in [3.05, 3.63) is 0 Å². The van der Waals surface area contributed by atoms with Gasteiger partial charge in [0.15, 0.2) is 0 Å². The minimum Gasteiger partial charge on any atom is -0.379 e. The number of amides is 1. The van der Waals surface area contributed by atoms with Crippen LogP contribution in [0.5, 0.6) is 0 Å². The zero-order valence-corrected chi connectivity index (χ0v) is 9.03. The Bertz CT molecular complexity index is 225. The molecule has 0 aromatic heterocycles. The maximum absolute atomic E-state index is 11.8. The Kier molecular flexibility index (Phi) is 2.77. The van der Waals surface area contributed by atoms with Gasteiger partial charge in [-0.15, -0.1) is 0 Å². The molecule has 1 saturated heterocycles. The van der Waals surface area contributed by atoms with Crippen molar-refractivity contribution in [3.63, 3.8) is 0 Å². The van der Waals surface area contributed by atoms with E-state index in [2.05, 4.69) is 6.92 Å². The Morgan fingerprint density at radius 1 is 1.36 bits per heavy atom. The Morgan fingerprint density at radius 3 is 2.64 bits per heavy atom. The quantitative estimate of drug-likeness (QED) is 0.667. The third kappa shape index (κ3) is 1.92. The number of ether oxygens (including phenoxy) is 1. The third-order valence-electron chi connectivity index (χ3n) is 3.43. The number of carbonyl (C=O) groups is 1. The van der Waals surface area contributed by atoms with E-state index in [1.54, 1.807) is 7.11 Å². The number of piperidine rings is 1. The fraction of sp³-hybridized carbons (Fsp3) is 0.909. The summed E-state index contributed by atoms with van der Waals surface area (Å²) in [5, 5.41) is 0. The van der Waals surface area contributed by atoms with Crippen LogP contribution in [0, 0.1) is 11.8 Å². The summed E-state index contributed by atoms with van der Waals surface area (Å²) in [4.78, 5) is 13.8. The molecule has 0 spiro atoms. The summed E-state index contributed by atoms with van der Waals surface area (Å²) in [6, 6.07) is 0. The Labute approximate surface area is 85.4 Å². The SMILES string of the molecule is COC1CN(C(=O)C2CC2)CCC1C. The number of methoxy groups -OCH3 is 1. The van der Waals surface area contributed by atoms with Crippen molar-refractivity contribution in [2.45, 2.75) is 32.3 Å². The number of hydrogen-bond acceptors (Lipinski definition) is 2. The van der Waals surface area contributed by atoms with Crippen LogP contribution in [0.1, 0.15) is 26.2 Å². The molecule has 1 amide bonds. The summed E-state index contributed by atoms with van der Waals surface area (Å²) in [7, 11) is 1.74. The molecule has 2 aliphatic rings. The van der Waals surface area contributed by atoms with Crippen LogP contribution in [-0.2, 0) is 9.53 Å². The summed E-state index contributed by atoms with van der Waals surface area (Å²) in [5.74, 6) is 1.29. The molecule has 1 saturated carbocycles. The molecule has 3 nitrogen and oxygen atoms in total. The van der Waals surface area contributed by atoms with E-state index < -0.39 is 0 Å². The first-order valence-electron chi connectivity index (χ1n) is 5.54. The summed E-state index contributed by atoms with van der Waals surface area (Å²) < 4.78 is 5.39. The number of rotatable bonds is 2. The van der Waals surface area contributed by atoms with E-state index in [9.17, 15) is 4.79 Å². The predicted octanol–water partition coefficient (Wildman–Crippen LogP) is 1.28. The molecule has 2 fully saturated rings. The van der Waals surface area contributed by atoms with Crippen molar-refractivity contribution in [2.24, 2.45) is 11.8 Å². The van der Waals surface area contributed by atoms with Gasteiger partial charge in [-0.05, 0) is 25.2 Å². The predicted molar refractivity (Wildman–Crippen MR) is 53.9 cm³/mol. The second-order valence-corrected chi connectivity index (χ2v) is 4.60. The fourth-order valence-electron chi connectivity index (χ4n) is 2.13. The van der Waals surface area contributed by atoms with Crippen molar-refractivity contribution in [3.8, 4) is 0 Å². The van der Waals surface area contributed by atoms with E-state index >= 15 is 0 Å². The van der Waals surface area contributed by atoms with Gasteiger partial charge < -0.3 is 9.64 Å². The number of nitrogens with zero attached hydrogens (tertiary/aromatic N) is 1. The Balaban J connectivity index is 1.91. The summed E-state index contributed by atoms with van der Waals surface area (Å²) in [6.45, 7) is 3.93. The molecule has 80 valence electrons. The average molecular weight is 197 g/mol. The van der Waals surface area contributed by atoms with E-state index in [-0.39, 0.29) is 6.10 Å². The molecule has 0 bridgehead atoms. The smallest absolute Gasteiger partial charge is 0.225 e. The molecule has 0 aromatic carbocycles. The highest BCUT2D eigenvalue weighted by Crippen LogP contribution is 2.32. The number of hydrogen-bond donors (Lipinski definition) is 0. The lowest BCUT2D eigenvalue weighted by Gasteiger charge is -2.36. The molecule has 1 heterocycles. The summed E-state index contributed by atoms with van der Waals surface area (Å²) in [6.07, 6.45) is 3.52. The van der Waals surface area contributed by atoms with Gasteiger partial charge in [0.2, 0.25) is 5.91 Å². The molecule has 0 radical (unpaired) electrons. The molecule has 1 aliphatic carbocycles. The van der Waals surface area contributed by atoms with Crippen molar-refractivity contribution in [1.82, 2.24) is 4.90 Å². The normalized spacial score (nSPS) is 33.1. The van der Waals surface area contributed by atoms with E-state index in [0.717, 1.165) is 32.4 Å². The van der Waals surface area contributed by atoms with Crippen LogP contribution < -0.4 is 0 Å². The summed E-state index contributed by atoms with van der Waals surface area (Å²) >= 11 is 0. The zero-order valence-electron chi connectivity index (χ0n) is 9.03. The van der Waals surface area contributed by atoms with Crippen LogP contribution in [-0.4, -0.2) is 37.1 Å². The number of carbonyl (C=O) groups excluding carboxylic acids is 1. The first kappa shape index (κ1) is 9.97. The van der Waals surface area contributed by atoms with Gasteiger partial charge in [0.25, 0.3) is 0 Å². The molecule has 3 heteroatoms. The second kappa shape index (κ2) is 3.89. The highest BCUT2D eigenvalue weighted by atomic mass is 16.5. The van der Waals surface area contributed by atoms with E-state index in [0.29, 0.717) is 17.7 Å². The largest absolute Gasteiger partial charge is 0.379 e. The first-order chi connectivity index (χ1) is 6.72. The first-order valence-corrected chi connectivity index (χ1v) is 5.54. The molecule has 0 aromatic rings. The van der Waals surface area contributed by atoms with Crippen LogP contribution in [0.4, 0.5) is 0 Å². The van der Waals surface area contributed by atoms with Crippen LogP contribution in [0.15, 0.2) is 0 Å². The zero-order chi connectivity index (χ0) is 10.1. The minimum atomic E-state index is 0.242. The van der Waals surface area contributed by atoms with Crippen LogP contribution >= 0.6 is 0 Å². The van der Waals surface area contributed by atoms with Crippen LogP contribution in [0.3, 0.4) is 0 Å². The molecule has 2 rings (SSSR count). The van der Waals surface area contributed by atoms with Gasteiger partial charge in [-0.25, -0.2) is 0 Å². The van der Waals surface area contributed by atoms with Gasteiger partial charge in [-0.2, -0.15) is 0 Å². The van der Waals surface area contributed by atoms with Crippen LogP contribution in [0.25, 0.3) is 0 Å². The highest BCUT2D eigenvalue weighted by molar-refractivity contribution is 5.81. The van der Waals surface area contributed by atoms with E-state index in [4.69, 9.17) is 4.74 Å². The molecular formula is C11H19NO2. The van der Waals surface area contributed by atoms with Crippen LogP contribution in [0.2, 0.25) is 0 Å². The Morgan fingerprint density at radius 2 is 2.07 bits per heavy atom. The maximum atomic E-state index is 11.8. The summed E-state index contributed by atoms with van der Waals surface area (Å²) in [5.41, 5.74) is 0. The number of likely N-dealkylation sites (tertiary alicyclic amines) is 1. The fourth-order valence-corrected chi connectivity index (χ4v) is 2.13. The molecule has 1 aliphatic heterocycles. The lowest BCUT2D eigenvalue weighted by Crippen LogP contribution is -2.47. The van der Waals surface area contributed by atoms with Crippen molar-refractivity contribution in [1.29, 1.82) is 0 Å². The Hall–Kier alpha value is -0.570. The van der Waals surface area contributed by atoms with Crippen molar-refractivity contribution < 1.29 is 9.53 Å². The van der Waals surface area contributed by atoms with Crippen molar-refractivity contribution >= 4 is 5.91 Å².